The highest BCUT2D eigenvalue weighted by atomic mass is 15.1. The predicted octanol–water partition coefficient (Wildman–Crippen LogP) is 2.50. The van der Waals surface area contributed by atoms with E-state index in [1.165, 1.54) is 71.1 Å². The Morgan fingerprint density at radius 2 is 1.94 bits per heavy atom. The van der Waals surface area contributed by atoms with Crippen LogP contribution in [0.2, 0.25) is 0 Å². The molecule has 0 bridgehead atoms. The first-order chi connectivity index (χ1) is 7.84. The number of nitrogens with one attached hydrogen (secondary N) is 1. The molecule has 1 heterocycles. The standard InChI is InChI=1S/C14H28N2/c1-16(12-14-5-2-3-6-14)10-4-7-13-8-9-15-11-13/h13-15H,2-12H2,1H3. The monoisotopic (exact) mass is 224 g/mol. The summed E-state index contributed by atoms with van der Waals surface area (Å²) in [5.41, 5.74) is 0. The Balaban J connectivity index is 1.51. The van der Waals surface area contributed by atoms with Crippen molar-refractivity contribution in [1.29, 1.82) is 0 Å². The van der Waals surface area contributed by atoms with Gasteiger partial charge in [-0.05, 0) is 70.6 Å². The smallest absolute Gasteiger partial charge is 0.000661 e. The van der Waals surface area contributed by atoms with Crippen LogP contribution in [0.15, 0.2) is 0 Å². The van der Waals surface area contributed by atoms with E-state index in [0.29, 0.717) is 0 Å². The van der Waals surface area contributed by atoms with Crippen molar-refractivity contribution in [2.45, 2.75) is 44.9 Å². The zero-order valence-corrected chi connectivity index (χ0v) is 10.9. The van der Waals surface area contributed by atoms with Crippen LogP contribution in [0.1, 0.15) is 44.9 Å². The first kappa shape index (κ1) is 12.4. The molecular formula is C14H28N2. The molecule has 2 heteroatoms. The minimum Gasteiger partial charge on any atom is -0.316 e. The Bertz CT molecular complexity index is 181. The second-order valence-electron chi connectivity index (χ2n) is 5.91. The van der Waals surface area contributed by atoms with Crippen molar-refractivity contribution in [2.24, 2.45) is 11.8 Å². The van der Waals surface area contributed by atoms with Crippen LogP contribution in [0.25, 0.3) is 0 Å². The quantitative estimate of drug-likeness (QED) is 0.746. The van der Waals surface area contributed by atoms with Gasteiger partial charge in [-0.1, -0.05) is 12.8 Å². The van der Waals surface area contributed by atoms with Crippen LogP contribution in [0.3, 0.4) is 0 Å². The molecule has 1 atom stereocenters. The van der Waals surface area contributed by atoms with Crippen molar-refractivity contribution in [3.63, 3.8) is 0 Å². The van der Waals surface area contributed by atoms with Gasteiger partial charge in [0.05, 0.1) is 0 Å². The second-order valence-corrected chi connectivity index (χ2v) is 5.91. The van der Waals surface area contributed by atoms with Crippen LogP contribution >= 0.6 is 0 Å². The van der Waals surface area contributed by atoms with E-state index in [9.17, 15) is 0 Å². The lowest BCUT2D eigenvalue weighted by atomic mass is 10.0. The van der Waals surface area contributed by atoms with Crippen LogP contribution in [-0.4, -0.2) is 38.1 Å². The van der Waals surface area contributed by atoms with E-state index in [4.69, 9.17) is 0 Å². The highest BCUT2D eigenvalue weighted by molar-refractivity contribution is 4.73. The normalized spacial score (nSPS) is 27.0. The maximum atomic E-state index is 3.46. The van der Waals surface area contributed by atoms with Gasteiger partial charge in [0.2, 0.25) is 0 Å². The summed E-state index contributed by atoms with van der Waals surface area (Å²) in [7, 11) is 2.31. The molecule has 2 rings (SSSR count). The number of hydrogen-bond acceptors (Lipinski definition) is 2. The minimum atomic E-state index is 0.972. The molecule has 1 saturated carbocycles. The predicted molar refractivity (Wildman–Crippen MR) is 69.7 cm³/mol. The van der Waals surface area contributed by atoms with Gasteiger partial charge in [0.25, 0.3) is 0 Å². The Morgan fingerprint density at radius 1 is 1.12 bits per heavy atom. The number of rotatable bonds is 6. The van der Waals surface area contributed by atoms with Crippen molar-refractivity contribution in [3.05, 3.63) is 0 Å². The van der Waals surface area contributed by atoms with Gasteiger partial charge in [-0.25, -0.2) is 0 Å². The van der Waals surface area contributed by atoms with Crippen LogP contribution in [-0.2, 0) is 0 Å². The van der Waals surface area contributed by atoms with E-state index in [1.807, 2.05) is 0 Å². The van der Waals surface area contributed by atoms with Crippen LogP contribution in [0.4, 0.5) is 0 Å². The first-order valence-corrected chi connectivity index (χ1v) is 7.24. The molecule has 0 spiro atoms. The average Bonchev–Trinajstić information content (AvgIpc) is 2.90. The molecular weight excluding hydrogens is 196 g/mol. The average molecular weight is 224 g/mol. The summed E-state index contributed by atoms with van der Waals surface area (Å²) in [5.74, 6) is 1.98. The molecule has 0 aromatic heterocycles. The molecule has 0 aromatic carbocycles. The largest absolute Gasteiger partial charge is 0.316 e. The maximum absolute atomic E-state index is 3.46. The Labute approximate surface area is 101 Å². The van der Waals surface area contributed by atoms with Crippen molar-refractivity contribution >= 4 is 0 Å². The van der Waals surface area contributed by atoms with Crippen LogP contribution in [0.5, 0.6) is 0 Å². The van der Waals surface area contributed by atoms with Crippen molar-refractivity contribution < 1.29 is 0 Å². The third-order valence-corrected chi connectivity index (χ3v) is 4.36. The van der Waals surface area contributed by atoms with Crippen molar-refractivity contribution in [3.8, 4) is 0 Å². The van der Waals surface area contributed by atoms with Gasteiger partial charge in [0.1, 0.15) is 0 Å². The number of hydrogen-bond donors (Lipinski definition) is 1. The van der Waals surface area contributed by atoms with E-state index in [0.717, 1.165) is 11.8 Å². The first-order valence-electron chi connectivity index (χ1n) is 7.24. The van der Waals surface area contributed by atoms with Gasteiger partial charge in [-0.3, -0.25) is 0 Å². The molecule has 2 nitrogen and oxygen atoms in total. The van der Waals surface area contributed by atoms with Crippen LogP contribution in [0, 0.1) is 11.8 Å². The summed E-state index contributed by atoms with van der Waals surface area (Å²) in [6.45, 7) is 5.19. The minimum absolute atomic E-state index is 0.972. The summed E-state index contributed by atoms with van der Waals surface area (Å²) >= 11 is 0. The van der Waals surface area contributed by atoms with Crippen LogP contribution < -0.4 is 5.32 Å². The van der Waals surface area contributed by atoms with Crippen molar-refractivity contribution in [1.82, 2.24) is 10.2 Å². The molecule has 0 radical (unpaired) electrons. The zero-order chi connectivity index (χ0) is 11.2. The summed E-state index contributed by atoms with van der Waals surface area (Å²) < 4.78 is 0. The molecule has 1 aliphatic carbocycles. The summed E-state index contributed by atoms with van der Waals surface area (Å²) in [6, 6.07) is 0. The SMILES string of the molecule is CN(CCCC1CCNC1)CC1CCCC1. The lowest BCUT2D eigenvalue weighted by Gasteiger charge is -2.21. The zero-order valence-electron chi connectivity index (χ0n) is 10.9. The summed E-state index contributed by atoms with van der Waals surface area (Å²) in [6.07, 6.45) is 10.2. The highest BCUT2D eigenvalue weighted by Gasteiger charge is 2.17. The van der Waals surface area contributed by atoms with E-state index in [2.05, 4.69) is 17.3 Å². The van der Waals surface area contributed by atoms with Gasteiger partial charge in [0, 0.05) is 6.54 Å². The van der Waals surface area contributed by atoms with E-state index in [-0.39, 0.29) is 0 Å². The fourth-order valence-electron chi connectivity index (χ4n) is 3.34. The fourth-order valence-corrected chi connectivity index (χ4v) is 3.34. The lowest BCUT2D eigenvalue weighted by molar-refractivity contribution is 0.267. The van der Waals surface area contributed by atoms with Gasteiger partial charge in [-0.2, -0.15) is 0 Å². The molecule has 94 valence electrons. The molecule has 1 aliphatic heterocycles. The lowest BCUT2D eigenvalue weighted by Crippen LogP contribution is -2.26. The molecule has 0 amide bonds. The molecule has 16 heavy (non-hydrogen) atoms. The fraction of sp³-hybridized carbons (Fsp3) is 1.00. The van der Waals surface area contributed by atoms with E-state index >= 15 is 0 Å². The highest BCUT2D eigenvalue weighted by Crippen LogP contribution is 2.25. The van der Waals surface area contributed by atoms with Gasteiger partial charge in [0.15, 0.2) is 0 Å². The Morgan fingerprint density at radius 3 is 2.62 bits per heavy atom. The summed E-state index contributed by atoms with van der Waals surface area (Å²) in [5, 5.41) is 3.46. The molecule has 1 N–H and O–H groups in total. The van der Waals surface area contributed by atoms with Gasteiger partial charge >= 0.3 is 0 Å². The Hall–Kier alpha value is -0.0800. The van der Waals surface area contributed by atoms with E-state index in [1.54, 1.807) is 0 Å². The molecule has 2 aliphatic rings. The summed E-state index contributed by atoms with van der Waals surface area (Å²) in [4.78, 5) is 2.57. The molecule has 0 aromatic rings. The molecule has 2 fully saturated rings. The third kappa shape index (κ3) is 4.06. The topological polar surface area (TPSA) is 15.3 Å². The van der Waals surface area contributed by atoms with Crippen molar-refractivity contribution in [2.75, 3.05) is 33.2 Å². The van der Waals surface area contributed by atoms with E-state index < -0.39 is 0 Å². The second kappa shape index (κ2) is 6.61. The van der Waals surface area contributed by atoms with Gasteiger partial charge < -0.3 is 10.2 Å². The maximum Gasteiger partial charge on any atom is 0.000661 e. The third-order valence-electron chi connectivity index (χ3n) is 4.36. The molecule has 1 unspecified atom stereocenters. The van der Waals surface area contributed by atoms with Gasteiger partial charge in [-0.15, -0.1) is 0 Å². The number of nitrogens with zero attached hydrogens (tertiary/aromatic N) is 1. The molecule has 1 saturated heterocycles. The Kier molecular flexibility index (Phi) is 5.11.